The van der Waals surface area contributed by atoms with E-state index in [9.17, 15) is 22.4 Å². The second kappa shape index (κ2) is 12.0. The summed E-state index contributed by atoms with van der Waals surface area (Å²) in [7, 11) is -4.14. The summed E-state index contributed by atoms with van der Waals surface area (Å²) in [5.41, 5.74) is 1.99. The van der Waals surface area contributed by atoms with E-state index in [1.807, 2.05) is 27.7 Å². The number of nitrogens with zero attached hydrogens (tertiary/aromatic N) is 2. The molecule has 3 aromatic rings. The molecule has 9 heteroatoms. The zero-order valence-corrected chi connectivity index (χ0v) is 24.0. The number of carbonyl (C=O) groups is 2. The van der Waals surface area contributed by atoms with Crippen LogP contribution < -0.4 is 9.62 Å². The highest BCUT2D eigenvalue weighted by Gasteiger charge is 2.33. The molecule has 2 amide bonds. The number of hydrogen-bond donors (Lipinski definition) is 1. The van der Waals surface area contributed by atoms with Crippen LogP contribution in [0.4, 0.5) is 10.1 Å². The lowest BCUT2D eigenvalue weighted by Crippen LogP contribution is -2.54. The molecule has 3 rings (SSSR count). The highest BCUT2D eigenvalue weighted by Crippen LogP contribution is 2.27. The quantitative estimate of drug-likeness (QED) is 0.405. The first-order chi connectivity index (χ1) is 18.2. The standard InChI is InChI=1S/C30H36FN3O4S/c1-21-11-17-26(18-12-21)39(37,38)34(27-10-8-7-9-22(27)2)20-28(35)33(19-24-13-15-25(31)16-14-24)23(3)29(36)32-30(4,5)6/h7-18,23H,19-20H2,1-6H3,(H,32,36). The van der Waals surface area contributed by atoms with Crippen LogP contribution in [-0.4, -0.2) is 43.3 Å². The Morgan fingerprint density at radius 2 is 1.51 bits per heavy atom. The number of amides is 2. The van der Waals surface area contributed by atoms with E-state index < -0.39 is 39.9 Å². The maximum atomic E-state index is 13.9. The number of carbonyl (C=O) groups excluding carboxylic acids is 2. The fraction of sp³-hybridized carbons (Fsp3) is 0.333. The Morgan fingerprint density at radius 3 is 2.08 bits per heavy atom. The third kappa shape index (κ3) is 7.66. The van der Waals surface area contributed by atoms with Gasteiger partial charge in [0, 0.05) is 12.1 Å². The van der Waals surface area contributed by atoms with Gasteiger partial charge in [-0.1, -0.05) is 48.0 Å². The second-order valence-electron chi connectivity index (χ2n) is 10.7. The van der Waals surface area contributed by atoms with E-state index in [1.54, 1.807) is 50.2 Å². The summed E-state index contributed by atoms with van der Waals surface area (Å²) in [6.45, 7) is 10.2. The number of anilines is 1. The molecule has 0 bridgehead atoms. The van der Waals surface area contributed by atoms with Crippen molar-refractivity contribution in [3.8, 4) is 0 Å². The van der Waals surface area contributed by atoms with Gasteiger partial charge in [-0.05, 0) is 83.0 Å². The Bertz CT molecular complexity index is 1420. The molecule has 0 radical (unpaired) electrons. The zero-order valence-electron chi connectivity index (χ0n) is 23.2. The fourth-order valence-electron chi connectivity index (χ4n) is 4.04. The fourth-order valence-corrected chi connectivity index (χ4v) is 5.52. The van der Waals surface area contributed by atoms with Gasteiger partial charge in [-0.3, -0.25) is 13.9 Å². The Hall–Kier alpha value is -3.72. The Kier molecular flexibility index (Phi) is 9.17. The smallest absolute Gasteiger partial charge is 0.264 e. The van der Waals surface area contributed by atoms with Gasteiger partial charge < -0.3 is 10.2 Å². The van der Waals surface area contributed by atoms with Crippen LogP contribution in [0.15, 0.2) is 77.7 Å². The monoisotopic (exact) mass is 553 g/mol. The lowest BCUT2D eigenvalue weighted by molar-refractivity contribution is -0.140. The van der Waals surface area contributed by atoms with E-state index >= 15 is 0 Å². The summed E-state index contributed by atoms with van der Waals surface area (Å²) in [5.74, 6) is -1.39. The SMILES string of the molecule is Cc1ccc(S(=O)(=O)N(CC(=O)N(Cc2ccc(F)cc2)C(C)C(=O)NC(C)(C)C)c2ccccc2C)cc1. The number of halogens is 1. The van der Waals surface area contributed by atoms with Crippen LogP contribution in [0.2, 0.25) is 0 Å². The number of sulfonamides is 1. The number of rotatable bonds is 9. The molecule has 7 nitrogen and oxygen atoms in total. The van der Waals surface area contributed by atoms with Crippen LogP contribution >= 0.6 is 0 Å². The number of nitrogens with one attached hydrogen (secondary N) is 1. The molecule has 1 unspecified atom stereocenters. The number of hydrogen-bond acceptors (Lipinski definition) is 4. The Balaban J connectivity index is 2.04. The largest absolute Gasteiger partial charge is 0.350 e. The normalized spacial score (nSPS) is 12.5. The van der Waals surface area contributed by atoms with Gasteiger partial charge in [-0.2, -0.15) is 0 Å². The second-order valence-corrected chi connectivity index (χ2v) is 12.5. The molecule has 0 aliphatic carbocycles. The zero-order chi connectivity index (χ0) is 29.0. The first-order valence-corrected chi connectivity index (χ1v) is 14.1. The number of benzene rings is 3. The minimum atomic E-state index is -4.14. The molecule has 0 aliphatic rings. The van der Waals surface area contributed by atoms with Crippen molar-refractivity contribution in [3.63, 3.8) is 0 Å². The molecule has 0 aliphatic heterocycles. The maximum Gasteiger partial charge on any atom is 0.264 e. The predicted octanol–water partition coefficient (Wildman–Crippen LogP) is 4.97. The minimum Gasteiger partial charge on any atom is -0.350 e. The molecule has 208 valence electrons. The summed E-state index contributed by atoms with van der Waals surface area (Å²) in [6, 6.07) is 18.0. The molecular weight excluding hydrogens is 517 g/mol. The molecule has 39 heavy (non-hydrogen) atoms. The van der Waals surface area contributed by atoms with Gasteiger partial charge in [0.05, 0.1) is 10.6 Å². The summed E-state index contributed by atoms with van der Waals surface area (Å²) < 4.78 is 42.4. The summed E-state index contributed by atoms with van der Waals surface area (Å²) in [4.78, 5) is 28.4. The van der Waals surface area contributed by atoms with Gasteiger partial charge >= 0.3 is 0 Å². The van der Waals surface area contributed by atoms with E-state index in [4.69, 9.17) is 0 Å². The first-order valence-electron chi connectivity index (χ1n) is 12.7. The van der Waals surface area contributed by atoms with Crippen LogP contribution in [0.5, 0.6) is 0 Å². The summed E-state index contributed by atoms with van der Waals surface area (Å²) >= 11 is 0. The van der Waals surface area contributed by atoms with Crippen molar-refractivity contribution in [3.05, 3.63) is 95.3 Å². The third-order valence-corrected chi connectivity index (χ3v) is 7.98. The third-order valence-electron chi connectivity index (χ3n) is 6.20. The molecule has 0 heterocycles. The topological polar surface area (TPSA) is 86.8 Å². The van der Waals surface area contributed by atoms with E-state index in [0.717, 1.165) is 9.87 Å². The Morgan fingerprint density at radius 1 is 0.923 bits per heavy atom. The van der Waals surface area contributed by atoms with Gasteiger partial charge in [-0.25, -0.2) is 12.8 Å². The summed E-state index contributed by atoms with van der Waals surface area (Å²) in [6.07, 6.45) is 0. The van der Waals surface area contributed by atoms with Gasteiger partial charge in [0.15, 0.2) is 0 Å². The molecule has 1 atom stereocenters. The van der Waals surface area contributed by atoms with Gasteiger partial charge in [0.2, 0.25) is 11.8 Å². The van der Waals surface area contributed by atoms with E-state index in [-0.39, 0.29) is 17.3 Å². The molecule has 0 spiro atoms. The number of aryl methyl sites for hydroxylation is 2. The molecule has 0 saturated carbocycles. The highest BCUT2D eigenvalue weighted by molar-refractivity contribution is 7.92. The first kappa shape index (κ1) is 29.8. The average molecular weight is 554 g/mol. The van der Waals surface area contributed by atoms with E-state index in [0.29, 0.717) is 16.8 Å². The van der Waals surface area contributed by atoms with E-state index in [2.05, 4.69) is 5.32 Å². The minimum absolute atomic E-state index is 0.00989. The Labute approximate surface area is 230 Å². The summed E-state index contributed by atoms with van der Waals surface area (Å²) in [5, 5.41) is 2.88. The van der Waals surface area contributed by atoms with Crippen LogP contribution in [0.1, 0.15) is 44.4 Å². The van der Waals surface area contributed by atoms with Crippen LogP contribution in [0.3, 0.4) is 0 Å². The van der Waals surface area contributed by atoms with Crippen molar-refractivity contribution in [2.75, 3.05) is 10.8 Å². The van der Waals surface area contributed by atoms with Crippen molar-refractivity contribution < 1.29 is 22.4 Å². The van der Waals surface area contributed by atoms with Crippen LogP contribution in [-0.2, 0) is 26.2 Å². The molecule has 0 aromatic heterocycles. The maximum absolute atomic E-state index is 13.9. The van der Waals surface area contributed by atoms with Crippen LogP contribution in [0.25, 0.3) is 0 Å². The lowest BCUT2D eigenvalue weighted by Gasteiger charge is -2.33. The van der Waals surface area contributed by atoms with Crippen molar-refractivity contribution in [1.29, 1.82) is 0 Å². The van der Waals surface area contributed by atoms with E-state index in [1.165, 1.54) is 41.3 Å². The van der Waals surface area contributed by atoms with Crippen molar-refractivity contribution in [2.24, 2.45) is 0 Å². The van der Waals surface area contributed by atoms with Crippen molar-refractivity contribution >= 4 is 27.5 Å². The van der Waals surface area contributed by atoms with Crippen molar-refractivity contribution in [2.45, 2.75) is 64.6 Å². The van der Waals surface area contributed by atoms with Crippen LogP contribution in [0, 0.1) is 19.7 Å². The average Bonchev–Trinajstić information content (AvgIpc) is 2.86. The number of para-hydroxylation sites is 1. The van der Waals surface area contributed by atoms with Crippen molar-refractivity contribution in [1.82, 2.24) is 10.2 Å². The molecule has 0 saturated heterocycles. The van der Waals surface area contributed by atoms with Gasteiger partial charge in [-0.15, -0.1) is 0 Å². The van der Waals surface area contributed by atoms with Gasteiger partial charge in [0.1, 0.15) is 18.4 Å². The predicted molar refractivity (Wildman–Crippen MR) is 151 cm³/mol. The molecule has 0 fully saturated rings. The molecule has 3 aromatic carbocycles. The van der Waals surface area contributed by atoms with Gasteiger partial charge in [0.25, 0.3) is 10.0 Å². The molecular formula is C30H36FN3O4S. The highest BCUT2D eigenvalue weighted by atomic mass is 32.2. The molecule has 1 N–H and O–H groups in total. The lowest BCUT2D eigenvalue weighted by atomic mass is 10.1.